The maximum absolute atomic E-state index is 12.8. The maximum atomic E-state index is 12.8. The Morgan fingerprint density at radius 2 is 0.593 bits per heavy atom. The molecule has 0 aromatic carbocycles. The van der Waals surface area contributed by atoms with Gasteiger partial charge < -0.3 is 14.2 Å². The summed E-state index contributed by atoms with van der Waals surface area (Å²) in [7, 11) is 0. The monoisotopic (exact) mass is 835 g/mol. The van der Waals surface area contributed by atoms with Crippen molar-refractivity contribution in [1.82, 2.24) is 0 Å². The van der Waals surface area contributed by atoms with Gasteiger partial charge in [0.25, 0.3) is 0 Å². The van der Waals surface area contributed by atoms with E-state index in [1.807, 2.05) is 0 Å². The van der Waals surface area contributed by atoms with Crippen molar-refractivity contribution in [3.8, 4) is 0 Å². The van der Waals surface area contributed by atoms with Crippen LogP contribution in [0.5, 0.6) is 0 Å². The molecule has 0 aromatic rings. The molecule has 0 spiro atoms. The van der Waals surface area contributed by atoms with Crippen molar-refractivity contribution in [3.63, 3.8) is 0 Å². The number of unbranched alkanes of at least 4 members (excludes halogenated alkanes) is 28. The van der Waals surface area contributed by atoms with E-state index >= 15 is 0 Å². The highest BCUT2D eigenvalue weighted by molar-refractivity contribution is 5.71. The van der Waals surface area contributed by atoms with Gasteiger partial charge in [-0.05, 0) is 37.0 Å². The Balaban J connectivity index is 4.32. The van der Waals surface area contributed by atoms with Crippen molar-refractivity contribution in [2.75, 3.05) is 13.2 Å². The zero-order valence-corrected chi connectivity index (χ0v) is 40.5. The molecule has 59 heavy (non-hydrogen) atoms. The van der Waals surface area contributed by atoms with Crippen LogP contribution < -0.4 is 0 Å². The first-order valence-corrected chi connectivity index (χ1v) is 26.1. The normalized spacial score (nSPS) is 12.6. The fourth-order valence-electron chi connectivity index (χ4n) is 7.91. The number of ether oxygens (including phenoxy) is 3. The van der Waals surface area contributed by atoms with Crippen molar-refractivity contribution >= 4 is 17.9 Å². The Labute approximate surface area is 368 Å². The van der Waals surface area contributed by atoms with E-state index in [-0.39, 0.29) is 31.1 Å². The molecule has 0 saturated carbocycles. The number of hydrogen-bond donors (Lipinski definition) is 0. The Kier molecular flexibility index (Phi) is 43.3. The molecule has 0 saturated heterocycles. The molecule has 6 heteroatoms. The zero-order valence-electron chi connectivity index (χ0n) is 40.5. The molecule has 0 heterocycles. The second-order valence-electron chi connectivity index (χ2n) is 19.4. The number of carbonyl (C=O) groups excluding carboxylic acids is 3. The summed E-state index contributed by atoms with van der Waals surface area (Å²) in [6.07, 6.45) is 43.7. The maximum Gasteiger partial charge on any atom is 0.306 e. The molecule has 0 rings (SSSR count). The summed E-state index contributed by atoms with van der Waals surface area (Å²) < 4.78 is 16.8. The predicted molar refractivity (Wildman–Crippen MR) is 252 cm³/mol. The van der Waals surface area contributed by atoms with E-state index < -0.39 is 6.10 Å². The zero-order chi connectivity index (χ0) is 43.4. The molecule has 350 valence electrons. The van der Waals surface area contributed by atoms with Gasteiger partial charge in [0.05, 0.1) is 0 Å². The van der Waals surface area contributed by atoms with Crippen molar-refractivity contribution in [2.45, 2.75) is 292 Å². The Morgan fingerprint density at radius 3 is 0.881 bits per heavy atom. The number of carbonyl (C=O) groups is 3. The third-order valence-electron chi connectivity index (χ3n) is 12.3. The van der Waals surface area contributed by atoms with Crippen molar-refractivity contribution < 1.29 is 28.6 Å². The summed E-state index contributed by atoms with van der Waals surface area (Å²) in [5.41, 5.74) is 0. The Morgan fingerprint density at radius 1 is 0.339 bits per heavy atom. The van der Waals surface area contributed by atoms with Gasteiger partial charge in [0, 0.05) is 19.3 Å². The van der Waals surface area contributed by atoms with E-state index in [9.17, 15) is 14.4 Å². The van der Waals surface area contributed by atoms with Crippen LogP contribution in [0.2, 0.25) is 0 Å². The van der Waals surface area contributed by atoms with Crippen LogP contribution in [-0.4, -0.2) is 37.2 Å². The molecule has 0 aromatic heterocycles. The first-order valence-electron chi connectivity index (χ1n) is 26.1. The summed E-state index contributed by atoms with van der Waals surface area (Å²) in [6, 6.07) is 0. The number of rotatable bonds is 46. The smallest absolute Gasteiger partial charge is 0.306 e. The lowest BCUT2D eigenvalue weighted by atomic mass is 9.99. The van der Waals surface area contributed by atoms with Gasteiger partial charge >= 0.3 is 17.9 Å². The standard InChI is InChI=1S/C53H102O6/c1-7-49(6)41-35-29-23-19-20-26-32-38-44-53(56)59-50(46-58-52(55)43-37-31-25-18-14-10-12-16-22-28-34-40-48(4)5)45-57-51(54)42-36-30-24-17-13-9-8-11-15-21-27-33-39-47(2)3/h47-50H,7-46H2,1-6H3/t49?,50-/m0/s1. The highest BCUT2D eigenvalue weighted by Gasteiger charge is 2.19. The van der Waals surface area contributed by atoms with Crippen molar-refractivity contribution in [2.24, 2.45) is 17.8 Å². The minimum atomic E-state index is -0.763. The molecular formula is C53H102O6. The lowest BCUT2D eigenvalue weighted by molar-refractivity contribution is -0.167. The highest BCUT2D eigenvalue weighted by atomic mass is 16.6. The largest absolute Gasteiger partial charge is 0.462 e. The molecule has 0 aliphatic carbocycles. The second-order valence-corrected chi connectivity index (χ2v) is 19.4. The third-order valence-corrected chi connectivity index (χ3v) is 12.3. The molecule has 1 unspecified atom stereocenters. The van der Waals surface area contributed by atoms with E-state index in [2.05, 4.69) is 41.5 Å². The quantitative estimate of drug-likeness (QED) is 0.0345. The molecule has 0 aliphatic heterocycles. The van der Waals surface area contributed by atoms with Gasteiger partial charge in [-0.15, -0.1) is 0 Å². The lowest BCUT2D eigenvalue weighted by Gasteiger charge is -2.18. The highest BCUT2D eigenvalue weighted by Crippen LogP contribution is 2.18. The number of hydrogen-bond acceptors (Lipinski definition) is 6. The molecular weight excluding hydrogens is 733 g/mol. The van der Waals surface area contributed by atoms with Crippen LogP contribution in [-0.2, 0) is 28.6 Å². The van der Waals surface area contributed by atoms with Gasteiger partial charge in [0.2, 0.25) is 0 Å². The van der Waals surface area contributed by atoms with Crippen LogP contribution in [0.1, 0.15) is 286 Å². The summed E-state index contributed by atoms with van der Waals surface area (Å²) in [5.74, 6) is 1.65. The first kappa shape index (κ1) is 57.4. The summed E-state index contributed by atoms with van der Waals surface area (Å²) in [4.78, 5) is 38.0. The van der Waals surface area contributed by atoms with Crippen LogP contribution in [0, 0.1) is 17.8 Å². The van der Waals surface area contributed by atoms with E-state index in [0.717, 1.165) is 75.5 Å². The molecule has 0 bridgehead atoms. The predicted octanol–water partition coefficient (Wildman–Crippen LogP) is 16.8. The SMILES string of the molecule is CCC(C)CCCCCCCCCCC(=O)O[C@@H](COC(=O)CCCCCCCCCCCCCCC(C)C)COC(=O)CCCCCCCCCCCCCC(C)C. The van der Waals surface area contributed by atoms with Gasteiger partial charge in [0.15, 0.2) is 6.10 Å². The van der Waals surface area contributed by atoms with Crippen LogP contribution >= 0.6 is 0 Å². The topological polar surface area (TPSA) is 78.9 Å². The first-order chi connectivity index (χ1) is 28.6. The Bertz CT molecular complexity index is 916. The molecule has 0 amide bonds. The van der Waals surface area contributed by atoms with Crippen LogP contribution in [0.15, 0.2) is 0 Å². The average Bonchev–Trinajstić information content (AvgIpc) is 3.20. The van der Waals surface area contributed by atoms with Gasteiger partial charge in [-0.2, -0.15) is 0 Å². The van der Waals surface area contributed by atoms with E-state index in [0.29, 0.717) is 19.3 Å². The number of esters is 3. The molecule has 2 atom stereocenters. The molecule has 0 radical (unpaired) electrons. The summed E-state index contributed by atoms with van der Waals surface area (Å²) in [6.45, 7) is 13.7. The average molecular weight is 835 g/mol. The van der Waals surface area contributed by atoms with E-state index in [4.69, 9.17) is 14.2 Å². The molecule has 0 N–H and O–H groups in total. The van der Waals surface area contributed by atoms with Crippen LogP contribution in [0.25, 0.3) is 0 Å². The second kappa shape index (κ2) is 44.5. The third kappa shape index (κ3) is 45.8. The fraction of sp³-hybridized carbons (Fsp3) is 0.943. The summed E-state index contributed by atoms with van der Waals surface area (Å²) >= 11 is 0. The van der Waals surface area contributed by atoms with Gasteiger partial charge in [-0.3, -0.25) is 14.4 Å². The molecule has 0 aliphatic rings. The van der Waals surface area contributed by atoms with Crippen LogP contribution in [0.4, 0.5) is 0 Å². The van der Waals surface area contributed by atoms with Crippen molar-refractivity contribution in [3.05, 3.63) is 0 Å². The van der Waals surface area contributed by atoms with Gasteiger partial charge in [0.1, 0.15) is 13.2 Å². The minimum absolute atomic E-state index is 0.0649. The fourth-order valence-corrected chi connectivity index (χ4v) is 7.91. The van der Waals surface area contributed by atoms with Crippen molar-refractivity contribution in [1.29, 1.82) is 0 Å². The van der Waals surface area contributed by atoms with E-state index in [1.54, 1.807) is 0 Å². The lowest BCUT2D eigenvalue weighted by Crippen LogP contribution is -2.30. The van der Waals surface area contributed by atoms with Gasteiger partial charge in [-0.1, -0.05) is 247 Å². The van der Waals surface area contributed by atoms with E-state index in [1.165, 1.54) is 167 Å². The Hall–Kier alpha value is -1.59. The molecule has 0 fully saturated rings. The van der Waals surface area contributed by atoms with Crippen LogP contribution in [0.3, 0.4) is 0 Å². The molecule has 6 nitrogen and oxygen atoms in total. The van der Waals surface area contributed by atoms with Gasteiger partial charge in [-0.25, -0.2) is 0 Å². The summed E-state index contributed by atoms with van der Waals surface area (Å²) in [5, 5.41) is 0. The minimum Gasteiger partial charge on any atom is -0.462 e.